The van der Waals surface area contributed by atoms with Crippen molar-refractivity contribution >= 4 is 29.6 Å². The molecule has 0 saturated carbocycles. The molecule has 0 N–H and O–H groups in total. The number of hydrogen-bond donors (Lipinski definition) is 0. The van der Waals surface area contributed by atoms with Crippen molar-refractivity contribution in [2.45, 2.75) is 32.4 Å². The minimum absolute atomic E-state index is 0.221. The molecule has 39 heavy (non-hydrogen) atoms. The monoisotopic (exact) mass is 542 g/mol. The average molecular weight is 543 g/mol. The number of anilines is 1. The highest BCUT2D eigenvalue weighted by Gasteiger charge is 2.27. The molecule has 1 aromatic heterocycles. The quantitative estimate of drug-likeness (QED) is 0.475. The molecule has 1 unspecified atom stereocenters. The SMILES string of the molecule is Cc1ccc(C(c2ccc(Cl)cc2)N2CCN(Cc3nc(N4CCN(C)CC4)c4c(n3)=CCCC=4)CC2)cc1. The van der Waals surface area contributed by atoms with Gasteiger partial charge in [0.2, 0.25) is 0 Å². The minimum Gasteiger partial charge on any atom is -0.353 e. The Hall–Kier alpha value is -2.77. The van der Waals surface area contributed by atoms with Gasteiger partial charge in [-0.25, -0.2) is 9.97 Å². The number of likely N-dealkylation sites (N-methyl/N-ethyl adjacent to an activating group) is 1. The number of rotatable bonds is 6. The summed E-state index contributed by atoms with van der Waals surface area (Å²) in [5, 5.41) is 3.14. The number of fused-ring (bicyclic) bond motifs is 1. The molecule has 2 aromatic carbocycles. The molecule has 204 valence electrons. The Balaban J connectivity index is 1.19. The van der Waals surface area contributed by atoms with Crippen molar-refractivity contribution in [3.05, 3.63) is 86.6 Å². The number of benzene rings is 2. The molecular formula is C32H39ClN6. The number of nitrogens with zero attached hydrogens (tertiary/aromatic N) is 6. The molecule has 0 spiro atoms. The Bertz CT molecular complexity index is 1340. The third kappa shape index (κ3) is 6.04. The van der Waals surface area contributed by atoms with Crippen LogP contribution < -0.4 is 15.5 Å². The van der Waals surface area contributed by atoms with Gasteiger partial charge in [-0.05, 0) is 50.1 Å². The van der Waals surface area contributed by atoms with Gasteiger partial charge in [-0.15, -0.1) is 0 Å². The molecule has 1 aliphatic carbocycles. The Morgan fingerprint density at radius 2 is 1.41 bits per heavy atom. The maximum atomic E-state index is 6.23. The van der Waals surface area contributed by atoms with E-state index in [4.69, 9.17) is 21.6 Å². The summed E-state index contributed by atoms with van der Waals surface area (Å²) in [4.78, 5) is 20.2. The molecule has 2 aliphatic heterocycles. The first-order valence-electron chi connectivity index (χ1n) is 14.3. The van der Waals surface area contributed by atoms with Crippen molar-refractivity contribution in [2.75, 3.05) is 64.3 Å². The fourth-order valence-corrected chi connectivity index (χ4v) is 6.16. The van der Waals surface area contributed by atoms with E-state index in [0.29, 0.717) is 0 Å². The van der Waals surface area contributed by atoms with Crippen LogP contribution >= 0.6 is 11.6 Å². The molecule has 0 amide bonds. The van der Waals surface area contributed by atoms with E-state index in [1.54, 1.807) is 0 Å². The van der Waals surface area contributed by atoms with E-state index in [0.717, 1.165) is 93.8 Å². The topological polar surface area (TPSA) is 38.7 Å². The first kappa shape index (κ1) is 26.5. The molecule has 0 radical (unpaired) electrons. The molecule has 6 rings (SSSR count). The standard InChI is InChI=1S/C32H39ClN6/c1-24-7-9-25(10-8-24)31(26-11-13-27(33)14-12-26)38-21-17-37(18-22-38)23-30-34-29-6-4-3-5-28(29)32(35-30)39-19-15-36(2)16-20-39/h5-14,31H,3-4,15-23H2,1-2H3. The van der Waals surface area contributed by atoms with Crippen LogP contribution in [0.2, 0.25) is 5.02 Å². The van der Waals surface area contributed by atoms with Crippen LogP contribution in [-0.4, -0.2) is 84.1 Å². The Kier molecular flexibility index (Phi) is 7.98. The molecule has 1 atom stereocenters. The van der Waals surface area contributed by atoms with Crippen LogP contribution in [0.1, 0.15) is 41.4 Å². The summed E-state index contributed by atoms with van der Waals surface area (Å²) in [6, 6.07) is 17.6. The lowest BCUT2D eigenvalue weighted by molar-refractivity contribution is 0.103. The smallest absolute Gasteiger partial charge is 0.145 e. The van der Waals surface area contributed by atoms with Crippen LogP contribution in [0.5, 0.6) is 0 Å². The fraction of sp³-hybridized carbons (Fsp3) is 0.438. The van der Waals surface area contributed by atoms with Gasteiger partial charge < -0.3 is 9.80 Å². The first-order valence-corrected chi connectivity index (χ1v) is 14.7. The molecule has 3 aliphatic rings. The van der Waals surface area contributed by atoms with Crippen molar-refractivity contribution in [2.24, 2.45) is 0 Å². The fourth-order valence-electron chi connectivity index (χ4n) is 6.04. The highest BCUT2D eigenvalue weighted by Crippen LogP contribution is 2.31. The summed E-state index contributed by atoms with van der Waals surface area (Å²) in [7, 11) is 2.20. The molecular weight excluding hydrogens is 504 g/mol. The van der Waals surface area contributed by atoms with E-state index in [-0.39, 0.29) is 6.04 Å². The second kappa shape index (κ2) is 11.8. The molecule has 7 heteroatoms. The molecule has 3 heterocycles. The van der Waals surface area contributed by atoms with Crippen molar-refractivity contribution in [3.63, 3.8) is 0 Å². The van der Waals surface area contributed by atoms with Crippen molar-refractivity contribution in [1.29, 1.82) is 0 Å². The van der Waals surface area contributed by atoms with Crippen LogP contribution in [0.3, 0.4) is 0 Å². The van der Waals surface area contributed by atoms with Crippen LogP contribution in [0.25, 0.3) is 12.2 Å². The van der Waals surface area contributed by atoms with Crippen LogP contribution in [0, 0.1) is 6.92 Å². The summed E-state index contributed by atoms with van der Waals surface area (Å²) in [6.07, 6.45) is 6.79. The summed E-state index contributed by atoms with van der Waals surface area (Å²) in [6.45, 7) is 11.1. The van der Waals surface area contributed by atoms with Gasteiger partial charge in [0.15, 0.2) is 0 Å². The number of aryl methyl sites for hydroxylation is 1. The third-order valence-corrected chi connectivity index (χ3v) is 8.62. The number of aromatic nitrogens is 2. The second-order valence-corrected chi connectivity index (χ2v) is 11.7. The largest absolute Gasteiger partial charge is 0.353 e. The van der Waals surface area contributed by atoms with Crippen LogP contribution in [0.4, 0.5) is 5.82 Å². The second-order valence-electron chi connectivity index (χ2n) is 11.2. The zero-order valence-corrected chi connectivity index (χ0v) is 23.9. The Morgan fingerprint density at radius 3 is 2.10 bits per heavy atom. The third-order valence-electron chi connectivity index (χ3n) is 8.37. The van der Waals surface area contributed by atoms with Gasteiger partial charge in [-0.1, -0.05) is 65.7 Å². The van der Waals surface area contributed by atoms with Gasteiger partial charge in [0, 0.05) is 62.6 Å². The highest BCUT2D eigenvalue weighted by atomic mass is 35.5. The van der Waals surface area contributed by atoms with Crippen molar-refractivity contribution < 1.29 is 0 Å². The van der Waals surface area contributed by atoms with E-state index >= 15 is 0 Å². The van der Waals surface area contributed by atoms with E-state index in [1.165, 1.54) is 21.9 Å². The lowest BCUT2D eigenvalue weighted by Gasteiger charge is -2.39. The van der Waals surface area contributed by atoms with Gasteiger partial charge in [-0.3, -0.25) is 9.80 Å². The lowest BCUT2D eigenvalue weighted by Crippen LogP contribution is -2.50. The molecule has 2 saturated heterocycles. The summed E-state index contributed by atoms with van der Waals surface area (Å²) < 4.78 is 0. The zero-order valence-electron chi connectivity index (χ0n) is 23.2. The Morgan fingerprint density at radius 1 is 0.769 bits per heavy atom. The molecule has 2 fully saturated rings. The van der Waals surface area contributed by atoms with E-state index in [1.807, 2.05) is 12.1 Å². The van der Waals surface area contributed by atoms with Gasteiger partial charge in [-0.2, -0.15) is 0 Å². The van der Waals surface area contributed by atoms with E-state index < -0.39 is 0 Å². The lowest BCUT2D eigenvalue weighted by atomic mass is 9.95. The average Bonchev–Trinajstić information content (AvgIpc) is 2.96. The van der Waals surface area contributed by atoms with Gasteiger partial charge in [0.1, 0.15) is 11.6 Å². The van der Waals surface area contributed by atoms with E-state index in [9.17, 15) is 0 Å². The van der Waals surface area contributed by atoms with Crippen molar-refractivity contribution in [1.82, 2.24) is 24.7 Å². The van der Waals surface area contributed by atoms with E-state index in [2.05, 4.69) is 82.1 Å². The minimum atomic E-state index is 0.221. The number of piperazine rings is 2. The zero-order chi connectivity index (χ0) is 26.8. The van der Waals surface area contributed by atoms with Gasteiger partial charge in [0.05, 0.1) is 17.9 Å². The highest BCUT2D eigenvalue weighted by molar-refractivity contribution is 6.30. The van der Waals surface area contributed by atoms with Gasteiger partial charge >= 0.3 is 0 Å². The summed E-state index contributed by atoms with van der Waals surface area (Å²) >= 11 is 6.23. The van der Waals surface area contributed by atoms with Gasteiger partial charge in [0.25, 0.3) is 0 Å². The summed E-state index contributed by atoms with van der Waals surface area (Å²) in [5.74, 6) is 2.09. The molecule has 0 bridgehead atoms. The maximum Gasteiger partial charge on any atom is 0.145 e. The molecule has 3 aromatic rings. The maximum absolute atomic E-state index is 6.23. The summed E-state index contributed by atoms with van der Waals surface area (Å²) in [5.41, 5.74) is 3.91. The predicted molar refractivity (Wildman–Crippen MR) is 160 cm³/mol. The van der Waals surface area contributed by atoms with Crippen LogP contribution in [-0.2, 0) is 6.54 Å². The Labute approximate surface area is 237 Å². The molecule has 6 nitrogen and oxygen atoms in total. The number of hydrogen-bond acceptors (Lipinski definition) is 6. The van der Waals surface area contributed by atoms with Crippen LogP contribution in [0.15, 0.2) is 48.5 Å². The first-order chi connectivity index (χ1) is 19.0. The predicted octanol–water partition coefficient (Wildman–Crippen LogP) is 3.45. The normalized spacial score (nSPS) is 19.7. The number of halogens is 1. The van der Waals surface area contributed by atoms with Crippen molar-refractivity contribution in [3.8, 4) is 0 Å².